The lowest BCUT2D eigenvalue weighted by Crippen LogP contribution is -1.74. The third-order valence-electron chi connectivity index (χ3n) is 2.52. The first-order valence-corrected chi connectivity index (χ1v) is 5.54. The van der Waals surface area contributed by atoms with E-state index in [4.69, 9.17) is 5.53 Å². The second kappa shape index (κ2) is 5.62. The number of rotatable bonds is 3. The number of aromatic hydroxyl groups is 2. The van der Waals surface area contributed by atoms with Gasteiger partial charge in [0.05, 0.1) is 0 Å². The van der Waals surface area contributed by atoms with Crippen molar-refractivity contribution in [1.82, 2.24) is 0 Å². The number of benzene rings is 2. The molecule has 2 aromatic rings. The van der Waals surface area contributed by atoms with E-state index in [2.05, 4.69) is 10.0 Å². The lowest BCUT2D eigenvalue weighted by molar-refractivity contribution is 0.403. The Labute approximate surface area is 109 Å². The Balaban J connectivity index is 2.17. The van der Waals surface area contributed by atoms with E-state index in [0.29, 0.717) is 5.69 Å². The zero-order valence-electron chi connectivity index (χ0n) is 9.93. The third-order valence-corrected chi connectivity index (χ3v) is 2.52. The van der Waals surface area contributed by atoms with Crippen molar-refractivity contribution in [2.24, 2.45) is 5.11 Å². The van der Waals surface area contributed by atoms with E-state index in [1.165, 1.54) is 12.1 Å². The smallest absolute Gasteiger partial charge is 0.157 e. The lowest BCUT2D eigenvalue weighted by atomic mass is 10.1. The first-order chi connectivity index (χ1) is 9.19. The number of phenols is 2. The fourth-order valence-electron chi connectivity index (χ4n) is 1.54. The molecular weight excluding hydrogens is 242 g/mol. The van der Waals surface area contributed by atoms with Crippen LogP contribution in [0, 0.1) is 0 Å². The molecule has 2 rings (SSSR count). The Morgan fingerprint density at radius 3 is 2.16 bits per heavy atom. The van der Waals surface area contributed by atoms with Gasteiger partial charge in [-0.1, -0.05) is 47.6 Å². The lowest BCUT2D eigenvalue weighted by Gasteiger charge is -1.99. The van der Waals surface area contributed by atoms with Gasteiger partial charge >= 0.3 is 0 Å². The first-order valence-electron chi connectivity index (χ1n) is 5.54. The molecule has 94 valence electrons. The maximum Gasteiger partial charge on any atom is 0.157 e. The van der Waals surface area contributed by atoms with Crippen molar-refractivity contribution >= 4 is 17.8 Å². The molecule has 0 aliphatic rings. The van der Waals surface area contributed by atoms with Gasteiger partial charge < -0.3 is 10.2 Å². The molecule has 0 unspecified atom stereocenters. The topological polar surface area (TPSA) is 89.2 Å². The van der Waals surface area contributed by atoms with E-state index < -0.39 is 0 Å². The molecule has 2 aromatic carbocycles. The quantitative estimate of drug-likeness (QED) is 0.282. The number of phenolic OH excluding ortho intramolecular Hbond substituents is 2. The summed E-state index contributed by atoms with van der Waals surface area (Å²) in [6.45, 7) is 0. The molecule has 0 amide bonds. The molecule has 2 N–H and O–H groups in total. The molecule has 19 heavy (non-hydrogen) atoms. The predicted octanol–water partition coefficient (Wildman–Crippen LogP) is 4.21. The molecule has 0 aromatic heterocycles. The molecule has 0 heterocycles. The molecule has 0 radical (unpaired) electrons. The second-order valence-electron chi connectivity index (χ2n) is 3.86. The summed E-state index contributed by atoms with van der Waals surface area (Å²) in [5, 5.41) is 22.0. The molecule has 0 atom stereocenters. The van der Waals surface area contributed by atoms with Crippen LogP contribution >= 0.6 is 0 Å². The highest BCUT2D eigenvalue weighted by Crippen LogP contribution is 2.25. The van der Waals surface area contributed by atoms with Crippen LogP contribution in [-0.4, -0.2) is 10.2 Å². The van der Waals surface area contributed by atoms with Crippen LogP contribution in [0.1, 0.15) is 11.1 Å². The van der Waals surface area contributed by atoms with Crippen molar-refractivity contribution < 1.29 is 10.2 Å². The molecule has 0 bridgehead atoms. The van der Waals surface area contributed by atoms with Gasteiger partial charge in [-0.05, 0) is 28.8 Å². The molecule has 5 nitrogen and oxygen atoms in total. The minimum Gasteiger partial charge on any atom is -0.504 e. The summed E-state index contributed by atoms with van der Waals surface area (Å²) in [5.41, 5.74) is 10.6. The highest BCUT2D eigenvalue weighted by Gasteiger charge is 1.97. The SMILES string of the molecule is [N-]=[N+]=Nc1ccc(C=Cc2ccc(O)c(O)c2)cc1. The van der Waals surface area contributed by atoms with Gasteiger partial charge in [-0.25, -0.2) is 0 Å². The van der Waals surface area contributed by atoms with Crippen LogP contribution in [0.5, 0.6) is 11.5 Å². The van der Waals surface area contributed by atoms with Crippen LogP contribution < -0.4 is 0 Å². The van der Waals surface area contributed by atoms with Crippen LogP contribution in [0.2, 0.25) is 0 Å². The fraction of sp³-hybridized carbons (Fsp3) is 0. The highest BCUT2D eigenvalue weighted by molar-refractivity contribution is 5.71. The molecule has 0 saturated carbocycles. The van der Waals surface area contributed by atoms with Crippen molar-refractivity contribution in [3.63, 3.8) is 0 Å². The van der Waals surface area contributed by atoms with Gasteiger partial charge in [0, 0.05) is 10.6 Å². The zero-order valence-corrected chi connectivity index (χ0v) is 9.93. The largest absolute Gasteiger partial charge is 0.504 e. The highest BCUT2D eigenvalue weighted by atomic mass is 16.3. The average Bonchev–Trinajstić information content (AvgIpc) is 2.42. The second-order valence-corrected chi connectivity index (χ2v) is 3.86. The average molecular weight is 253 g/mol. The number of nitrogens with zero attached hydrogens (tertiary/aromatic N) is 3. The first kappa shape index (κ1) is 12.5. The third kappa shape index (κ3) is 3.28. The maximum atomic E-state index is 9.36. The summed E-state index contributed by atoms with van der Waals surface area (Å²) >= 11 is 0. The Bertz CT molecular complexity index is 657. The monoisotopic (exact) mass is 253 g/mol. The van der Waals surface area contributed by atoms with Crippen LogP contribution in [0.3, 0.4) is 0 Å². The van der Waals surface area contributed by atoms with Crippen LogP contribution in [0.25, 0.3) is 22.6 Å². The van der Waals surface area contributed by atoms with E-state index in [9.17, 15) is 10.2 Å². The molecule has 0 spiro atoms. The summed E-state index contributed by atoms with van der Waals surface area (Å²) < 4.78 is 0. The summed E-state index contributed by atoms with van der Waals surface area (Å²) in [6, 6.07) is 11.7. The van der Waals surface area contributed by atoms with E-state index >= 15 is 0 Å². The molecule has 0 aliphatic carbocycles. The van der Waals surface area contributed by atoms with Crippen LogP contribution in [0.4, 0.5) is 5.69 Å². The van der Waals surface area contributed by atoms with Crippen molar-refractivity contribution in [3.8, 4) is 11.5 Å². The van der Waals surface area contributed by atoms with Gasteiger partial charge in [0.1, 0.15) is 0 Å². The zero-order chi connectivity index (χ0) is 13.7. The summed E-state index contributed by atoms with van der Waals surface area (Å²) in [4.78, 5) is 2.70. The number of hydrogen-bond acceptors (Lipinski definition) is 3. The van der Waals surface area contributed by atoms with Crippen molar-refractivity contribution in [2.75, 3.05) is 0 Å². The minimum absolute atomic E-state index is 0.143. The van der Waals surface area contributed by atoms with Crippen molar-refractivity contribution in [1.29, 1.82) is 0 Å². The molecule has 0 aliphatic heterocycles. The summed E-state index contributed by atoms with van der Waals surface area (Å²) in [6.07, 6.45) is 3.66. The van der Waals surface area contributed by atoms with Crippen molar-refractivity contribution in [2.45, 2.75) is 0 Å². The van der Waals surface area contributed by atoms with Crippen molar-refractivity contribution in [3.05, 3.63) is 64.0 Å². The predicted molar refractivity (Wildman–Crippen MR) is 73.9 cm³/mol. The summed E-state index contributed by atoms with van der Waals surface area (Å²) in [7, 11) is 0. The fourth-order valence-corrected chi connectivity index (χ4v) is 1.54. The number of hydrogen-bond donors (Lipinski definition) is 2. The Morgan fingerprint density at radius 1 is 0.895 bits per heavy atom. The van der Waals surface area contributed by atoms with Gasteiger partial charge in [0.2, 0.25) is 0 Å². The standard InChI is InChI=1S/C14H11N3O2/c15-17-16-12-6-3-10(4-7-12)1-2-11-5-8-13(18)14(19)9-11/h1-9,18-19H. The van der Waals surface area contributed by atoms with E-state index in [1.807, 2.05) is 24.3 Å². The van der Waals surface area contributed by atoms with E-state index in [0.717, 1.165) is 11.1 Å². The normalized spacial score (nSPS) is 10.3. The van der Waals surface area contributed by atoms with E-state index in [-0.39, 0.29) is 11.5 Å². The van der Waals surface area contributed by atoms with Gasteiger partial charge in [0.15, 0.2) is 11.5 Å². The molecule has 0 fully saturated rings. The van der Waals surface area contributed by atoms with Gasteiger partial charge in [-0.15, -0.1) is 0 Å². The minimum atomic E-state index is -0.152. The van der Waals surface area contributed by atoms with E-state index in [1.54, 1.807) is 18.2 Å². The summed E-state index contributed by atoms with van der Waals surface area (Å²) in [5.74, 6) is -0.295. The molecule has 5 heteroatoms. The van der Waals surface area contributed by atoms with Crippen LogP contribution in [0.15, 0.2) is 47.6 Å². The Morgan fingerprint density at radius 2 is 1.53 bits per heavy atom. The van der Waals surface area contributed by atoms with Gasteiger partial charge in [0.25, 0.3) is 0 Å². The molecular formula is C14H11N3O2. The van der Waals surface area contributed by atoms with Crippen LogP contribution in [-0.2, 0) is 0 Å². The Kier molecular flexibility index (Phi) is 3.71. The van der Waals surface area contributed by atoms with Gasteiger partial charge in [-0.2, -0.15) is 0 Å². The maximum absolute atomic E-state index is 9.36. The van der Waals surface area contributed by atoms with Gasteiger partial charge in [-0.3, -0.25) is 0 Å². The molecule has 0 saturated heterocycles. The number of azide groups is 1. The Hall–Kier alpha value is -2.91.